The number of benzene rings is 1. The molecular formula is C21H20N2O7S. The lowest BCUT2D eigenvalue weighted by atomic mass is 10.1. The van der Waals surface area contributed by atoms with Crippen molar-refractivity contribution in [2.24, 2.45) is 0 Å². The molecule has 0 unspecified atom stereocenters. The molecule has 2 heterocycles. The number of aryl methyl sites for hydroxylation is 1. The predicted molar refractivity (Wildman–Crippen MR) is 114 cm³/mol. The van der Waals surface area contributed by atoms with Crippen LogP contribution in [0.3, 0.4) is 0 Å². The van der Waals surface area contributed by atoms with E-state index in [4.69, 9.17) is 9.15 Å². The van der Waals surface area contributed by atoms with Crippen molar-refractivity contribution in [1.29, 1.82) is 0 Å². The topological polar surface area (TPSA) is 120 Å². The first-order valence-electron chi connectivity index (χ1n) is 9.56. The van der Waals surface area contributed by atoms with Gasteiger partial charge in [-0.15, -0.1) is 0 Å². The quantitative estimate of drug-likeness (QED) is 0.191. The van der Waals surface area contributed by atoms with Crippen molar-refractivity contribution in [1.82, 2.24) is 4.90 Å². The predicted octanol–water partition coefficient (Wildman–Crippen LogP) is 4.54. The Balaban J connectivity index is 1.76. The lowest BCUT2D eigenvalue weighted by molar-refractivity contribution is -0.384. The van der Waals surface area contributed by atoms with E-state index in [1.54, 1.807) is 31.2 Å². The summed E-state index contributed by atoms with van der Waals surface area (Å²) in [5.74, 6) is -0.761. The van der Waals surface area contributed by atoms with Crippen LogP contribution in [0.25, 0.3) is 17.4 Å². The second-order valence-electron chi connectivity index (χ2n) is 6.82. The average molecular weight is 444 g/mol. The van der Waals surface area contributed by atoms with Crippen molar-refractivity contribution < 1.29 is 28.5 Å². The number of hydrogen-bond acceptors (Lipinski definition) is 8. The third kappa shape index (κ3) is 5.21. The van der Waals surface area contributed by atoms with Crippen LogP contribution in [-0.2, 0) is 14.3 Å². The maximum absolute atomic E-state index is 12.5. The number of unbranched alkanes of at least 4 members (excludes halogenated alkanes) is 1. The molecule has 1 fully saturated rings. The van der Waals surface area contributed by atoms with Gasteiger partial charge in [0, 0.05) is 12.1 Å². The number of carbonyl (C=O) groups is 3. The molecule has 1 aromatic carbocycles. The first-order chi connectivity index (χ1) is 14.8. The summed E-state index contributed by atoms with van der Waals surface area (Å²) in [5.41, 5.74) is 0.949. The summed E-state index contributed by atoms with van der Waals surface area (Å²) in [6, 6.07) is 7.87. The molecule has 0 spiro atoms. The molecule has 1 aliphatic heterocycles. The summed E-state index contributed by atoms with van der Waals surface area (Å²) in [7, 11) is 0. The smallest absolute Gasteiger partial charge is 0.326 e. The van der Waals surface area contributed by atoms with E-state index in [2.05, 4.69) is 0 Å². The van der Waals surface area contributed by atoms with Gasteiger partial charge in [-0.05, 0) is 48.9 Å². The lowest BCUT2D eigenvalue weighted by Crippen LogP contribution is -2.34. The highest BCUT2D eigenvalue weighted by molar-refractivity contribution is 8.18. The van der Waals surface area contributed by atoms with Crippen molar-refractivity contribution in [3.8, 4) is 11.3 Å². The van der Waals surface area contributed by atoms with E-state index in [0.717, 1.165) is 16.9 Å². The van der Waals surface area contributed by atoms with Crippen LogP contribution in [0, 0.1) is 17.0 Å². The Bertz CT molecular complexity index is 1070. The fourth-order valence-electron chi connectivity index (χ4n) is 2.85. The minimum Gasteiger partial charge on any atom is -0.464 e. The highest BCUT2D eigenvalue weighted by Gasteiger charge is 2.37. The van der Waals surface area contributed by atoms with Gasteiger partial charge in [-0.2, -0.15) is 0 Å². The van der Waals surface area contributed by atoms with Crippen LogP contribution in [0.5, 0.6) is 0 Å². The number of nitrogens with zero attached hydrogens (tertiary/aromatic N) is 2. The Morgan fingerprint density at radius 1 is 1.29 bits per heavy atom. The molecule has 2 aromatic rings. The third-order valence-electron chi connectivity index (χ3n) is 4.44. The molecule has 2 amide bonds. The number of esters is 1. The van der Waals surface area contributed by atoms with E-state index >= 15 is 0 Å². The molecule has 1 aliphatic rings. The molecule has 1 saturated heterocycles. The van der Waals surface area contributed by atoms with Crippen LogP contribution in [0.15, 0.2) is 39.7 Å². The summed E-state index contributed by atoms with van der Waals surface area (Å²) < 4.78 is 10.7. The van der Waals surface area contributed by atoms with Crippen LogP contribution >= 0.6 is 11.8 Å². The van der Waals surface area contributed by atoms with E-state index in [0.29, 0.717) is 23.7 Å². The van der Waals surface area contributed by atoms with Gasteiger partial charge in [-0.3, -0.25) is 29.4 Å². The molecule has 3 rings (SSSR count). The number of nitro groups is 1. The molecular weight excluding hydrogens is 424 g/mol. The minimum absolute atomic E-state index is 0.0886. The standard InChI is InChI=1S/C21H20N2O7S/c1-3-4-9-29-19(24)12-22-20(25)18(31-21(22)26)11-14-6-8-17(30-14)15-7-5-13(2)10-16(15)23(27)28/h5-8,10-11H,3-4,9,12H2,1-2H3/b18-11+. The van der Waals surface area contributed by atoms with Crippen molar-refractivity contribution in [3.05, 3.63) is 56.7 Å². The molecule has 0 aliphatic carbocycles. The number of amides is 2. The molecule has 162 valence electrons. The Morgan fingerprint density at radius 3 is 2.77 bits per heavy atom. The highest BCUT2D eigenvalue weighted by atomic mass is 32.2. The van der Waals surface area contributed by atoms with Crippen molar-refractivity contribution in [3.63, 3.8) is 0 Å². The second-order valence-corrected chi connectivity index (χ2v) is 7.81. The molecule has 0 atom stereocenters. The Labute approximate surface area is 182 Å². The van der Waals surface area contributed by atoms with E-state index in [1.165, 1.54) is 12.1 Å². The number of furan rings is 1. The second kappa shape index (κ2) is 9.61. The van der Waals surface area contributed by atoms with Gasteiger partial charge in [-0.1, -0.05) is 19.4 Å². The molecule has 9 nitrogen and oxygen atoms in total. The lowest BCUT2D eigenvalue weighted by Gasteiger charge is -2.11. The first-order valence-corrected chi connectivity index (χ1v) is 10.4. The molecule has 0 N–H and O–H groups in total. The zero-order valence-electron chi connectivity index (χ0n) is 17.0. The zero-order chi connectivity index (χ0) is 22.5. The number of carbonyl (C=O) groups excluding carboxylic acids is 3. The van der Waals surface area contributed by atoms with Crippen LogP contribution in [0.1, 0.15) is 31.1 Å². The fraction of sp³-hybridized carbons (Fsp3) is 0.286. The van der Waals surface area contributed by atoms with Gasteiger partial charge >= 0.3 is 5.97 Å². The van der Waals surface area contributed by atoms with Crippen LogP contribution in [0.4, 0.5) is 10.5 Å². The normalized spacial score (nSPS) is 15.0. The third-order valence-corrected chi connectivity index (χ3v) is 5.34. The van der Waals surface area contributed by atoms with Gasteiger partial charge in [0.1, 0.15) is 18.1 Å². The fourth-order valence-corrected chi connectivity index (χ4v) is 3.67. The highest BCUT2D eigenvalue weighted by Crippen LogP contribution is 2.35. The van der Waals surface area contributed by atoms with Gasteiger partial charge < -0.3 is 9.15 Å². The summed E-state index contributed by atoms with van der Waals surface area (Å²) in [6.45, 7) is 3.48. The van der Waals surface area contributed by atoms with Gasteiger partial charge in [0.05, 0.1) is 22.0 Å². The van der Waals surface area contributed by atoms with E-state index in [1.807, 2.05) is 6.92 Å². The number of rotatable bonds is 8. The SMILES string of the molecule is CCCCOC(=O)CN1C(=O)S/C(=C/c2ccc(-c3ccc(C)cc3[N+](=O)[O-])o2)C1=O. The van der Waals surface area contributed by atoms with E-state index in [9.17, 15) is 24.5 Å². The van der Waals surface area contributed by atoms with Crippen LogP contribution in [0.2, 0.25) is 0 Å². The Morgan fingerprint density at radius 2 is 2.06 bits per heavy atom. The van der Waals surface area contributed by atoms with Gasteiger partial charge in [0.2, 0.25) is 0 Å². The van der Waals surface area contributed by atoms with Crippen LogP contribution < -0.4 is 0 Å². The average Bonchev–Trinajstić information content (AvgIpc) is 3.28. The largest absolute Gasteiger partial charge is 0.464 e. The van der Waals surface area contributed by atoms with Crippen molar-refractivity contribution in [2.75, 3.05) is 13.2 Å². The number of thioether (sulfide) groups is 1. The van der Waals surface area contributed by atoms with Gasteiger partial charge in [0.25, 0.3) is 16.8 Å². The summed E-state index contributed by atoms with van der Waals surface area (Å²) in [4.78, 5) is 48.3. The van der Waals surface area contributed by atoms with Gasteiger partial charge in [0.15, 0.2) is 0 Å². The molecule has 1 aromatic heterocycles. The summed E-state index contributed by atoms with van der Waals surface area (Å²) >= 11 is 0.685. The number of hydrogen-bond donors (Lipinski definition) is 0. The minimum atomic E-state index is -0.649. The van der Waals surface area contributed by atoms with Gasteiger partial charge in [-0.25, -0.2) is 0 Å². The zero-order valence-corrected chi connectivity index (χ0v) is 17.8. The summed E-state index contributed by atoms with van der Waals surface area (Å²) in [6.07, 6.45) is 2.93. The number of ether oxygens (including phenoxy) is 1. The van der Waals surface area contributed by atoms with E-state index < -0.39 is 28.6 Å². The number of imide groups is 1. The monoisotopic (exact) mass is 444 g/mol. The molecule has 0 radical (unpaired) electrons. The first kappa shape index (κ1) is 22.3. The number of nitro benzene ring substituents is 1. The molecule has 31 heavy (non-hydrogen) atoms. The Kier molecular flexibility index (Phi) is 6.91. The summed E-state index contributed by atoms with van der Waals surface area (Å²) in [5, 5.41) is 10.8. The molecule has 0 bridgehead atoms. The van der Waals surface area contributed by atoms with Crippen molar-refractivity contribution >= 4 is 40.6 Å². The van der Waals surface area contributed by atoms with Crippen LogP contribution in [-0.4, -0.2) is 40.1 Å². The Hall–Kier alpha value is -3.40. The molecule has 0 saturated carbocycles. The van der Waals surface area contributed by atoms with E-state index in [-0.39, 0.29) is 28.7 Å². The van der Waals surface area contributed by atoms with Crippen molar-refractivity contribution in [2.45, 2.75) is 26.7 Å². The maximum Gasteiger partial charge on any atom is 0.326 e. The maximum atomic E-state index is 12.5. The molecule has 10 heteroatoms.